The molecule has 3 N–H and O–H groups in total. The maximum atomic E-state index is 12.8. The fraction of sp³-hybridized carbons (Fsp3) is 0.467. The van der Waals surface area contributed by atoms with Crippen LogP contribution >= 0.6 is 0 Å². The molecule has 0 spiro atoms. The summed E-state index contributed by atoms with van der Waals surface area (Å²) < 4.78 is 12.8. The number of carboxylic acid groups (broad SMARTS) is 1. The fourth-order valence-electron chi connectivity index (χ4n) is 1.89. The lowest BCUT2D eigenvalue weighted by Gasteiger charge is -2.19. The monoisotopic (exact) mass is 296 g/mol. The highest BCUT2D eigenvalue weighted by Crippen LogP contribution is 2.03. The summed E-state index contributed by atoms with van der Waals surface area (Å²) in [4.78, 5) is 22.9. The van der Waals surface area contributed by atoms with Crippen LogP contribution < -0.4 is 10.6 Å². The van der Waals surface area contributed by atoms with Crippen molar-refractivity contribution in [1.82, 2.24) is 10.6 Å². The summed E-state index contributed by atoms with van der Waals surface area (Å²) in [6.45, 7) is 3.78. The second-order valence-corrected chi connectivity index (χ2v) is 4.91. The second kappa shape index (κ2) is 8.36. The number of carbonyl (C=O) groups excluding carboxylic acids is 1. The van der Waals surface area contributed by atoms with E-state index in [0.717, 1.165) is 5.56 Å². The van der Waals surface area contributed by atoms with Crippen LogP contribution in [0.1, 0.15) is 32.3 Å². The van der Waals surface area contributed by atoms with Crippen molar-refractivity contribution in [2.24, 2.45) is 0 Å². The number of benzene rings is 1. The van der Waals surface area contributed by atoms with Gasteiger partial charge in [0.25, 0.3) is 0 Å². The van der Waals surface area contributed by atoms with Crippen molar-refractivity contribution >= 4 is 11.9 Å². The first kappa shape index (κ1) is 17.1. The zero-order valence-corrected chi connectivity index (χ0v) is 12.2. The van der Waals surface area contributed by atoms with E-state index >= 15 is 0 Å². The maximum Gasteiger partial charge on any atom is 0.320 e. The molecule has 2 atom stereocenters. The molecule has 0 heterocycles. The largest absolute Gasteiger partial charge is 0.480 e. The van der Waals surface area contributed by atoms with Gasteiger partial charge in [-0.1, -0.05) is 25.5 Å². The minimum atomic E-state index is -0.963. The van der Waals surface area contributed by atoms with Crippen molar-refractivity contribution in [3.8, 4) is 0 Å². The van der Waals surface area contributed by atoms with Gasteiger partial charge in [0.15, 0.2) is 0 Å². The van der Waals surface area contributed by atoms with E-state index in [4.69, 9.17) is 5.11 Å². The molecule has 2 unspecified atom stereocenters. The third kappa shape index (κ3) is 5.91. The molecule has 0 bridgehead atoms. The summed E-state index contributed by atoms with van der Waals surface area (Å²) in [7, 11) is 0. The van der Waals surface area contributed by atoms with Gasteiger partial charge in [0, 0.05) is 6.54 Å². The highest BCUT2D eigenvalue weighted by molar-refractivity contribution is 5.82. The molecule has 1 aromatic rings. The number of hydrogen-bond donors (Lipinski definition) is 3. The van der Waals surface area contributed by atoms with E-state index in [2.05, 4.69) is 10.6 Å². The lowest BCUT2D eigenvalue weighted by Crippen LogP contribution is -2.49. The molecule has 0 saturated carbocycles. The SMILES string of the molecule is CCCC(NC(C)C(=O)NCc1ccc(F)cc1)C(=O)O. The van der Waals surface area contributed by atoms with Gasteiger partial charge < -0.3 is 10.4 Å². The minimum absolute atomic E-state index is 0.274. The summed E-state index contributed by atoms with van der Waals surface area (Å²) >= 11 is 0. The number of rotatable bonds is 8. The second-order valence-electron chi connectivity index (χ2n) is 4.91. The lowest BCUT2D eigenvalue weighted by atomic mass is 10.1. The summed E-state index contributed by atoms with van der Waals surface area (Å²) in [6.07, 6.45) is 1.18. The molecule has 0 saturated heterocycles. The zero-order valence-electron chi connectivity index (χ0n) is 12.2. The van der Waals surface area contributed by atoms with Crippen LogP contribution in [0.3, 0.4) is 0 Å². The van der Waals surface area contributed by atoms with Crippen molar-refractivity contribution in [2.45, 2.75) is 45.3 Å². The molecular formula is C15H21FN2O3. The predicted octanol–water partition coefficient (Wildman–Crippen LogP) is 1.67. The Balaban J connectivity index is 2.46. The number of carboxylic acids is 1. The van der Waals surface area contributed by atoms with E-state index in [1.54, 1.807) is 19.1 Å². The van der Waals surface area contributed by atoms with Crippen LogP contribution in [0.15, 0.2) is 24.3 Å². The van der Waals surface area contributed by atoms with E-state index < -0.39 is 18.1 Å². The van der Waals surface area contributed by atoms with Gasteiger partial charge in [0.1, 0.15) is 11.9 Å². The molecule has 0 aliphatic rings. The summed E-state index contributed by atoms with van der Waals surface area (Å²) in [5.74, 6) is -1.58. The highest BCUT2D eigenvalue weighted by Gasteiger charge is 2.21. The number of aliphatic carboxylic acids is 1. The van der Waals surface area contributed by atoms with Gasteiger partial charge in [-0.25, -0.2) is 4.39 Å². The van der Waals surface area contributed by atoms with Gasteiger partial charge in [-0.15, -0.1) is 0 Å². The molecule has 0 radical (unpaired) electrons. The number of nitrogens with one attached hydrogen (secondary N) is 2. The minimum Gasteiger partial charge on any atom is -0.480 e. The van der Waals surface area contributed by atoms with Crippen LogP contribution in [0, 0.1) is 5.82 Å². The Bertz CT molecular complexity index is 476. The average Bonchev–Trinajstić information content (AvgIpc) is 2.45. The van der Waals surface area contributed by atoms with Gasteiger partial charge in [-0.05, 0) is 31.0 Å². The first-order chi connectivity index (χ1) is 9.93. The molecule has 0 fully saturated rings. The normalized spacial score (nSPS) is 13.5. The Hall–Kier alpha value is -1.95. The third-order valence-corrected chi connectivity index (χ3v) is 3.10. The quantitative estimate of drug-likeness (QED) is 0.682. The standard InChI is InChI=1S/C15H21FN2O3/c1-3-4-13(15(20)21)18-10(2)14(19)17-9-11-5-7-12(16)8-6-11/h5-8,10,13,18H,3-4,9H2,1-2H3,(H,17,19)(H,20,21). The number of halogens is 1. The van der Waals surface area contributed by atoms with E-state index in [1.807, 2.05) is 6.92 Å². The average molecular weight is 296 g/mol. The lowest BCUT2D eigenvalue weighted by molar-refractivity contribution is -0.140. The Morgan fingerprint density at radius 2 is 1.90 bits per heavy atom. The predicted molar refractivity (Wildman–Crippen MR) is 77.2 cm³/mol. The molecule has 6 heteroatoms. The number of hydrogen-bond acceptors (Lipinski definition) is 3. The maximum absolute atomic E-state index is 12.8. The topological polar surface area (TPSA) is 78.4 Å². The summed E-state index contributed by atoms with van der Waals surface area (Å²) in [6, 6.07) is 4.48. The van der Waals surface area contributed by atoms with Crippen molar-refractivity contribution < 1.29 is 19.1 Å². The van der Waals surface area contributed by atoms with Crippen LogP contribution in [0.2, 0.25) is 0 Å². The van der Waals surface area contributed by atoms with Crippen LogP contribution in [-0.4, -0.2) is 29.1 Å². The first-order valence-corrected chi connectivity index (χ1v) is 6.95. The molecular weight excluding hydrogens is 275 g/mol. The number of carbonyl (C=O) groups is 2. The summed E-state index contributed by atoms with van der Waals surface area (Å²) in [5.41, 5.74) is 0.778. The Morgan fingerprint density at radius 3 is 2.43 bits per heavy atom. The zero-order chi connectivity index (χ0) is 15.8. The van der Waals surface area contributed by atoms with Crippen LogP contribution in [0.25, 0.3) is 0 Å². The van der Waals surface area contributed by atoms with Crippen molar-refractivity contribution in [1.29, 1.82) is 0 Å². The van der Waals surface area contributed by atoms with Crippen molar-refractivity contribution in [2.75, 3.05) is 0 Å². The Morgan fingerprint density at radius 1 is 1.29 bits per heavy atom. The van der Waals surface area contributed by atoms with Gasteiger partial charge in [-0.2, -0.15) is 0 Å². The molecule has 0 aromatic heterocycles. The van der Waals surface area contributed by atoms with Gasteiger partial charge >= 0.3 is 5.97 Å². The smallest absolute Gasteiger partial charge is 0.320 e. The molecule has 21 heavy (non-hydrogen) atoms. The fourth-order valence-corrected chi connectivity index (χ4v) is 1.89. The van der Waals surface area contributed by atoms with Crippen LogP contribution in [0.5, 0.6) is 0 Å². The molecule has 1 rings (SSSR count). The Labute approximate surface area is 123 Å². The third-order valence-electron chi connectivity index (χ3n) is 3.10. The van der Waals surface area contributed by atoms with E-state index in [-0.39, 0.29) is 18.3 Å². The molecule has 5 nitrogen and oxygen atoms in total. The molecule has 0 aliphatic heterocycles. The van der Waals surface area contributed by atoms with Crippen LogP contribution in [0.4, 0.5) is 4.39 Å². The first-order valence-electron chi connectivity index (χ1n) is 6.95. The van der Waals surface area contributed by atoms with Gasteiger partial charge in [-0.3, -0.25) is 14.9 Å². The molecule has 1 aromatic carbocycles. The summed E-state index contributed by atoms with van der Waals surface area (Å²) in [5, 5.41) is 14.5. The molecule has 1 amide bonds. The van der Waals surface area contributed by atoms with E-state index in [0.29, 0.717) is 12.8 Å². The van der Waals surface area contributed by atoms with Crippen LogP contribution in [-0.2, 0) is 16.1 Å². The van der Waals surface area contributed by atoms with E-state index in [9.17, 15) is 14.0 Å². The molecule has 0 aliphatic carbocycles. The highest BCUT2D eigenvalue weighted by atomic mass is 19.1. The van der Waals surface area contributed by atoms with E-state index in [1.165, 1.54) is 12.1 Å². The molecule has 116 valence electrons. The Kier molecular flexibility index (Phi) is 6.81. The van der Waals surface area contributed by atoms with Crippen molar-refractivity contribution in [3.63, 3.8) is 0 Å². The van der Waals surface area contributed by atoms with Gasteiger partial charge in [0.2, 0.25) is 5.91 Å². The van der Waals surface area contributed by atoms with Gasteiger partial charge in [0.05, 0.1) is 6.04 Å². The van der Waals surface area contributed by atoms with Crippen molar-refractivity contribution in [3.05, 3.63) is 35.6 Å². The number of amides is 1.